The summed E-state index contributed by atoms with van der Waals surface area (Å²) < 4.78 is 6.22. The highest BCUT2D eigenvalue weighted by molar-refractivity contribution is 7.10. The van der Waals surface area contributed by atoms with Crippen molar-refractivity contribution in [3.05, 3.63) is 87.1 Å². The van der Waals surface area contributed by atoms with E-state index in [1.807, 2.05) is 48.2 Å². The van der Waals surface area contributed by atoms with Crippen molar-refractivity contribution in [1.82, 2.24) is 9.80 Å². The molecule has 1 aliphatic heterocycles. The molecule has 0 bridgehead atoms. The molecule has 0 unspecified atom stereocenters. The minimum absolute atomic E-state index is 0.0123. The number of fused-ring (bicyclic) bond motifs is 1. The van der Waals surface area contributed by atoms with Crippen LogP contribution in [-0.2, 0) is 11.2 Å². The van der Waals surface area contributed by atoms with Gasteiger partial charge in [0.15, 0.2) is 0 Å². The summed E-state index contributed by atoms with van der Waals surface area (Å²) in [6, 6.07) is 17.8. The Morgan fingerprint density at radius 1 is 1.05 bits per heavy atom. The molecule has 2 heterocycles. The van der Waals surface area contributed by atoms with Gasteiger partial charge in [-0.1, -0.05) is 43.7 Å². The lowest BCUT2D eigenvalue weighted by molar-refractivity contribution is -0.135. The van der Waals surface area contributed by atoms with Crippen LogP contribution in [0.1, 0.15) is 70.6 Å². The van der Waals surface area contributed by atoms with E-state index in [2.05, 4.69) is 37.4 Å². The van der Waals surface area contributed by atoms with E-state index in [1.54, 1.807) is 16.2 Å². The van der Waals surface area contributed by atoms with E-state index in [0.29, 0.717) is 37.1 Å². The van der Waals surface area contributed by atoms with Gasteiger partial charge in [-0.2, -0.15) is 0 Å². The highest BCUT2D eigenvalue weighted by Gasteiger charge is 2.35. The molecule has 0 radical (unpaired) electrons. The van der Waals surface area contributed by atoms with Crippen molar-refractivity contribution < 1.29 is 14.3 Å². The molecule has 1 saturated carbocycles. The molecule has 2 aliphatic rings. The maximum atomic E-state index is 13.8. The maximum absolute atomic E-state index is 13.8. The summed E-state index contributed by atoms with van der Waals surface area (Å²) in [5.41, 5.74) is 4.20. The van der Waals surface area contributed by atoms with E-state index in [9.17, 15) is 9.59 Å². The lowest BCUT2D eigenvalue weighted by atomic mass is 10.00. The second kappa shape index (κ2) is 11.1. The van der Waals surface area contributed by atoms with E-state index in [1.165, 1.54) is 16.0 Å². The molecule has 0 spiro atoms. The maximum Gasteiger partial charge on any atom is 0.254 e. The van der Waals surface area contributed by atoms with Gasteiger partial charge in [-0.3, -0.25) is 9.59 Å². The third kappa shape index (κ3) is 6.07. The van der Waals surface area contributed by atoms with Gasteiger partial charge in [0.05, 0.1) is 6.04 Å². The number of hydrogen-bond acceptors (Lipinski definition) is 4. The summed E-state index contributed by atoms with van der Waals surface area (Å²) in [6.07, 6.45) is 3.09. The van der Waals surface area contributed by atoms with Crippen molar-refractivity contribution in [2.45, 2.75) is 52.0 Å². The molecule has 6 heteroatoms. The van der Waals surface area contributed by atoms with Crippen molar-refractivity contribution in [3.8, 4) is 5.75 Å². The van der Waals surface area contributed by atoms with Crippen LogP contribution in [0.4, 0.5) is 0 Å². The summed E-state index contributed by atoms with van der Waals surface area (Å²) in [6.45, 7) is 8.14. The molecule has 1 aliphatic carbocycles. The van der Waals surface area contributed by atoms with Crippen LogP contribution in [-0.4, -0.2) is 47.9 Å². The lowest BCUT2D eigenvalue weighted by Crippen LogP contribution is -2.48. The van der Waals surface area contributed by atoms with E-state index in [0.717, 1.165) is 30.6 Å². The van der Waals surface area contributed by atoms with Gasteiger partial charge in [-0.15, -0.1) is 11.3 Å². The molecule has 37 heavy (non-hydrogen) atoms. The van der Waals surface area contributed by atoms with Gasteiger partial charge in [0.1, 0.15) is 18.9 Å². The third-order valence-corrected chi connectivity index (χ3v) is 8.45. The van der Waals surface area contributed by atoms with Gasteiger partial charge in [-0.05, 0) is 84.9 Å². The average Bonchev–Trinajstić information content (AvgIpc) is 3.59. The fourth-order valence-corrected chi connectivity index (χ4v) is 5.89. The SMILES string of the molecule is Cc1ccc(C(=O)N(CC(=O)N2CCc3sccc3[C@H]2COc2ccc(C(C)C)cc2)CC2CC2)cc1. The summed E-state index contributed by atoms with van der Waals surface area (Å²) in [5.74, 6) is 1.70. The van der Waals surface area contributed by atoms with E-state index >= 15 is 0 Å². The molecule has 2 amide bonds. The fraction of sp³-hybridized carbons (Fsp3) is 0.419. The first-order valence-corrected chi connectivity index (χ1v) is 14.2. The Hall–Kier alpha value is -3.12. The summed E-state index contributed by atoms with van der Waals surface area (Å²) in [5, 5.41) is 2.10. The molecule has 3 aromatic rings. The summed E-state index contributed by atoms with van der Waals surface area (Å²) in [4.78, 5) is 32.2. The number of carbonyl (C=O) groups excluding carboxylic acids is 2. The Balaban J connectivity index is 1.32. The Morgan fingerprint density at radius 3 is 2.46 bits per heavy atom. The molecule has 194 valence electrons. The first kappa shape index (κ1) is 25.5. The lowest BCUT2D eigenvalue weighted by Gasteiger charge is -2.37. The van der Waals surface area contributed by atoms with Crippen molar-refractivity contribution >= 4 is 23.2 Å². The summed E-state index contributed by atoms with van der Waals surface area (Å²) in [7, 11) is 0. The normalized spacial score (nSPS) is 17.0. The number of nitrogens with zero attached hydrogens (tertiary/aromatic N) is 2. The van der Waals surface area contributed by atoms with Gasteiger partial charge < -0.3 is 14.5 Å². The predicted octanol–water partition coefficient (Wildman–Crippen LogP) is 6.24. The van der Waals surface area contributed by atoms with Gasteiger partial charge in [0.2, 0.25) is 5.91 Å². The second-order valence-electron chi connectivity index (χ2n) is 10.7. The second-order valence-corrected chi connectivity index (χ2v) is 11.7. The largest absolute Gasteiger partial charge is 0.491 e. The van der Waals surface area contributed by atoms with Crippen LogP contribution >= 0.6 is 11.3 Å². The van der Waals surface area contributed by atoms with Gasteiger partial charge in [-0.25, -0.2) is 0 Å². The van der Waals surface area contributed by atoms with Crippen molar-refractivity contribution in [3.63, 3.8) is 0 Å². The standard InChI is InChI=1S/C31H36N2O3S/c1-21(2)24-10-12-26(13-11-24)36-20-28-27-15-17-37-29(27)14-16-33(28)30(34)19-32(18-23-6-7-23)31(35)25-8-4-22(3)5-9-25/h4-5,8-13,15,17,21,23,28H,6-7,14,16,18-20H2,1-3H3/t28-/m1/s1. The minimum atomic E-state index is -0.162. The number of thiophene rings is 1. The highest BCUT2D eigenvalue weighted by atomic mass is 32.1. The molecule has 0 N–H and O–H groups in total. The Labute approximate surface area is 224 Å². The number of aryl methyl sites for hydroxylation is 1. The number of benzene rings is 2. The Bertz CT molecular complexity index is 1230. The van der Waals surface area contributed by atoms with Crippen LogP contribution in [0.5, 0.6) is 5.75 Å². The molecule has 2 aromatic carbocycles. The molecule has 1 atom stereocenters. The van der Waals surface area contributed by atoms with Crippen LogP contribution in [0, 0.1) is 12.8 Å². The Kier molecular flexibility index (Phi) is 7.65. The molecule has 0 saturated heterocycles. The highest BCUT2D eigenvalue weighted by Crippen LogP contribution is 2.35. The molecule has 5 rings (SSSR count). The monoisotopic (exact) mass is 516 g/mol. The fourth-order valence-electron chi connectivity index (χ4n) is 4.96. The van der Waals surface area contributed by atoms with Crippen molar-refractivity contribution in [2.75, 3.05) is 26.2 Å². The van der Waals surface area contributed by atoms with Crippen molar-refractivity contribution in [1.29, 1.82) is 0 Å². The molecule has 1 aromatic heterocycles. The van der Waals surface area contributed by atoms with Crippen LogP contribution < -0.4 is 4.74 Å². The number of rotatable bonds is 9. The van der Waals surface area contributed by atoms with Crippen LogP contribution in [0.25, 0.3) is 0 Å². The van der Waals surface area contributed by atoms with E-state index in [4.69, 9.17) is 4.74 Å². The number of ether oxygens (including phenoxy) is 1. The van der Waals surface area contributed by atoms with Gasteiger partial charge in [0.25, 0.3) is 5.91 Å². The molecule has 1 fully saturated rings. The van der Waals surface area contributed by atoms with Crippen LogP contribution in [0.2, 0.25) is 0 Å². The van der Waals surface area contributed by atoms with Gasteiger partial charge >= 0.3 is 0 Å². The predicted molar refractivity (Wildman–Crippen MR) is 148 cm³/mol. The number of hydrogen-bond donors (Lipinski definition) is 0. The zero-order valence-corrected chi connectivity index (χ0v) is 22.8. The van der Waals surface area contributed by atoms with E-state index in [-0.39, 0.29) is 24.4 Å². The third-order valence-electron chi connectivity index (χ3n) is 7.46. The summed E-state index contributed by atoms with van der Waals surface area (Å²) >= 11 is 1.75. The van der Waals surface area contributed by atoms with Gasteiger partial charge in [0, 0.05) is 23.5 Å². The van der Waals surface area contributed by atoms with Crippen LogP contribution in [0.3, 0.4) is 0 Å². The zero-order chi connectivity index (χ0) is 25.9. The molecular weight excluding hydrogens is 480 g/mol. The average molecular weight is 517 g/mol. The van der Waals surface area contributed by atoms with Crippen molar-refractivity contribution in [2.24, 2.45) is 5.92 Å². The Morgan fingerprint density at radius 2 is 1.78 bits per heavy atom. The van der Waals surface area contributed by atoms with E-state index < -0.39 is 0 Å². The number of carbonyl (C=O) groups is 2. The first-order valence-electron chi connectivity index (χ1n) is 13.3. The zero-order valence-electron chi connectivity index (χ0n) is 22.0. The first-order chi connectivity index (χ1) is 17.9. The minimum Gasteiger partial charge on any atom is -0.491 e. The van der Waals surface area contributed by atoms with Crippen LogP contribution in [0.15, 0.2) is 60.0 Å². The smallest absolute Gasteiger partial charge is 0.254 e. The molecular formula is C31H36N2O3S. The number of amides is 2. The quantitative estimate of drug-likeness (QED) is 0.338. The molecule has 5 nitrogen and oxygen atoms in total. The topological polar surface area (TPSA) is 49.9 Å².